The second-order valence-corrected chi connectivity index (χ2v) is 6.02. The first-order chi connectivity index (χ1) is 11.2. The third-order valence-corrected chi connectivity index (χ3v) is 4.08. The van der Waals surface area contributed by atoms with Gasteiger partial charge in [0.15, 0.2) is 0 Å². The monoisotopic (exact) mass is 298 g/mol. The van der Waals surface area contributed by atoms with Crippen molar-refractivity contribution in [3.8, 4) is 0 Å². The lowest BCUT2D eigenvalue weighted by Gasteiger charge is -2.14. The fourth-order valence-electron chi connectivity index (χ4n) is 3.17. The van der Waals surface area contributed by atoms with Gasteiger partial charge in [0.1, 0.15) is 0 Å². The average Bonchev–Trinajstić information content (AvgIpc) is 2.54. The van der Waals surface area contributed by atoms with E-state index >= 15 is 0 Å². The van der Waals surface area contributed by atoms with Crippen LogP contribution in [0.15, 0.2) is 66.7 Å². The molecule has 1 N–H and O–H groups in total. The maximum Gasteiger partial charge on any atom is 0.0730 e. The molecule has 4 rings (SSSR count). The molecule has 0 atom stereocenters. The summed E-state index contributed by atoms with van der Waals surface area (Å²) < 4.78 is 0. The van der Waals surface area contributed by atoms with E-state index in [1.807, 2.05) is 12.1 Å². The number of fused-ring (bicyclic) bond motifs is 2. The minimum Gasteiger partial charge on any atom is -0.354 e. The zero-order chi connectivity index (χ0) is 15.8. The largest absolute Gasteiger partial charge is 0.354 e. The van der Waals surface area contributed by atoms with Gasteiger partial charge in [-0.1, -0.05) is 42.5 Å². The van der Waals surface area contributed by atoms with E-state index < -0.39 is 0 Å². The SMILES string of the molecule is Cc1cc(C)cc(Nc2c3ccccc3nc3ccccc23)c1. The molecule has 0 aliphatic heterocycles. The normalized spacial score (nSPS) is 11.0. The van der Waals surface area contributed by atoms with Gasteiger partial charge in [0.25, 0.3) is 0 Å². The number of anilines is 2. The number of para-hydroxylation sites is 2. The van der Waals surface area contributed by atoms with Crippen molar-refractivity contribution in [1.82, 2.24) is 4.98 Å². The lowest BCUT2D eigenvalue weighted by atomic mass is 10.1. The van der Waals surface area contributed by atoms with Crippen LogP contribution >= 0.6 is 0 Å². The quantitative estimate of drug-likeness (QED) is 0.477. The van der Waals surface area contributed by atoms with Crippen molar-refractivity contribution in [2.45, 2.75) is 13.8 Å². The van der Waals surface area contributed by atoms with E-state index in [9.17, 15) is 0 Å². The van der Waals surface area contributed by atoms with Crippen LogP contribution in [0.4, 0.5) is 11.4 Å². The second-order valence-electron chi connectivity index (χ2n) is 6.02. The second kappa shape index (κ2) is 5.40. The highest BCUT2D eigenvalue weighted by Gasteiger charge is 2.09. The van der Waals surface area contributed by atoms with Gasteiger partial charge in [0, 0.05) is 16.5 Å². The van der Waals surface area contributed by atoms with Gasteiger partial charge in [-0.05, 0) is 49.2 Å². The number of nitrogens with zero attached hydrogens (tertiary/aromatic N) is 1. The first-order valence-electron chi connectivity index (χ1n) is 7.83. The third kappa shape index (κ3) is 2.53. The molecule has 23 heavy (non-hydrogen) atoms. The molecule has 2 nitrogen and oxygen atoms in total. The van der Waals surface area contributed by atoms with Gasteiger partial charge in [-0.3, -0.25) is 0 Å². The lowest BCUT2D eigenvalue weighted by molar-refractivity contribution is 1.38. The van der Waals surface area contributed by atoms with Crippen LogP contribution in [-0.2, 0) is 0 Å². The molecule has 0 fully saturated rings. The van der Waals surface area contributed by atoms with Crippen LogP contribution in [0, 0.1) is 13.8 Å². The highest BCUT2D eigenvalue weighted by molar-refractivity contribution is 6.08. The van der Waals surface area contributed by atoms with Gasteiger partial charge in [-0.2, -0.15) is 0 Å². The molecular weight excluding hydrogens is 280 g/mol. The van der Waals surface area contributed by atoms with Gasteiger partial charge in [0.05, 0.1) is 16.7 Å². The molecule has 3 aromatic carbocycles. The Hall–Kier alpha value is -2.87. The van der Waals surface area contributed by atoms with Crippen molar-refractivity contribution in [1.29, 1.82) is 0 Å². The number of nitrogens with one attached hydrogen (secondary N) is 1. The molecule has 0 radical (unpaired) electrons. The minimum absolute atomic E-state index is 1.01. The van der Waals surface area contributed by atoms with E-state index in [0.717, 1.165) is 33.2 Å². The summed E-state index contributed by atoms with van der Waals surface area (Å²) in [5, 5.41) is 5.92. The molecular formula is C21H18N2. The summed E-state index contributed by atoms with van der Waals surface area (Å²) >= 11 is 0. The number of pyridine rings is 1. The summed E-state index contributed by atoms with van der Waals surface area (Å²) in [4.78, 5) is 4.78. The molecule has 0 bridgehead atoms. The Morgan fingerprint density at radius 2 is 1.22 bits per heavy atom. The number of rotatable bonds is 2. The van der Waals surface area contributed by atoms with Crippen LogP contribution in [0.25, 0.3) is 21.8 Å². The highest BCUT2D eigenvalue weighted by Crippen LogP contribution is 2.33. The van der Waals surface area contributed by atoms with Crippen LogP contribution in [0.1, 0.15) is 11.1 Å². The van der Waals surface area contributed by atoms with Gasteiger partial charge in [0.2, 0.25) is 0 Å². The molecule has 0 unspecified atom stereocenters. The first-order valence-corrected chi connectivity index (χ1v) is 7.83. The van der Waals surface area contributed by atoms with Crippen molar-refractivity contribution in [3.05, 3.63) is 77.9 Å². The van der Waals surface area contributed by atoms with E-state index in [1.54, 1.807) is 0 Å². The Morgan fingerprint density at radius 1 is 0.696 bits per heavy atom. The van der Waals surface area contributed by atoms with E-state index in [0.29, 0.717) is 0 Å². The minimum atomic E-state index is 1.01. The van der Waals surface area contributed by atoms with Crippen LogP contribution < -0.4 is 5.32 Å². The highest BCUT2D eigenvalue weighted by atomic mass is 14.9. The van der Waals surface area contributed by atoms with Crippen LogP contribution in [-0.4, -0.2) is 4.98 Å². The van der Waals surface area contributed by atoms with Gasteiger partial charge >= 0.3 is 0 Å². The Kier molecular flexibility index (Phi) is 3.23. The summed E-state index contributed by atoms with van der Waals surface area (Å²) in [6.45, 7) is 4.25. The van der Waals surface area contributed by atoms with Crippen molar-refractivity contribution in [3.63, 3.8) is 0 Å². The van der Waals surface area contributed by atoms with Crippen LogP contribution in [0.2, 0.25) is 0 Å². The van der Waals surface area contributed by atoms with Gasteiger partial charge in [-0.25, -0.2) is 4.98 Å². The van der Waals surface area contributed by atoms with E-state index in [-0.39, 0.29) is 0 Å². The molecule has 2 heteroatoms. The Balaban J connectivity index is 1.99. The van der Waals surface area contributed by atoms with Crippen molar-refractivity contribution in [2.75, 3.05) is 5.32 Å². The summed E-state index contributed by atoms with van der Waals surface area (Å²) in [6.07, 6.45) is 0. The smallest absolute Gasteiger partial charge is 0.0730 e. The van der Waals surface area contributed by atoms with E-state index in [1.165, 1.54) is 11.1 Å². The summed E-state index contributed by atoms with van der Waals surface area (Å²) in [5.41, 5.74) is 6.78. The molecule has 1 aromatic heterocycles. The molecule has 1 heterocycles. The molecule has 0 aliphatic carbocycles. The predicted molar refractivity (Wildman–Crippen MR) is 98.4 cm³/mol. The van der Waals surface area contributed by atoms with Crippen LogP contribution in [0.3, 0.4) is 0 Å². The topological polar surface area (TPSA) is 24.9 Å². The number of benzene rings is 3. The van der Waals surface area contributed by atoms with Crippen molar-refractivity contribution >= 4 is 33.2 Å². The fraction of sp³-hybridized carbons (Fsp3) is 0.0952. The molecule has 0 saturated heterocycles. The molecule has 112 valence electrons. The van der Waals surface area contributed by atoms with Crippen molar-refractivity contribution in [2.24, 2.45) is 0 Å². The summed E-state index contributed by atoms with van der Waals surface area (Å²) in [5.74, 6) is 0. The Morgan fingerprint density at radius 3 is 1.78 bits per heavy atom. The standard InChI is InChI=1S/C21H18N2/c1-14-11-15(2)13-16(12-14)22-21-17-7-3-5-9-19(17)23-20-10-6-4-8-18(20)21/h3-13H,1-2H3,(H,22,23). The molecule has 4 aromatic rings. The predicted octanol–water partition coefficient (Wildman–Crippen LogP) is 5.75. The zero-order valence-electron chi connectivity index (χ0n) is 13.3. The maximum atomic E-state index is 4.78. The molecule has 0 saturated carbocycles. The van der Waals surface area contributed by atoms with E-state index in [4.69, 9.17) is 4.98 Å². The zero-order valence-corrected chi connectivity index (χ0v) is 13.3. The first kappa shape index (κ1) is 13.8. The summed E-state index contributed by atoms with van der Waals surface area (Å²) in [6, 6.07) is 23.1. The van der Waals surface area contributed by atoms with Gasteiger partial charge < -0.3 is 5.32 Å². The summed E-state index contributed by atoms with van der Waals surface area (Å²) in [7, 11) is 0. The Labute approximate surface area is 135 Å². The fourth-order valence-corrected chi connectivity index (χ4v) is 3.17. The Bertz CT molecular complexity index is 944. The molecule has 0 spiro atoms. The third-order valence-electron chi connectivity index (χ3n) is 4.08. The molecule has 0 aliphatic rings. The molecule has 0 amide bonds. The number of aromatic nitrogens is 1. The average molecular weight is 298 g/mol. The van der Waals surface area contributed by atoms with Crippen molar-refractivity contribution < 1.29 is 0 Å². The maximum absolute atomic E-state index is 4.78. The van der Waals surface area contributed by atoms with E-state index in [2.05, 4.69) is 73.8 Å². The number of hydrogen-bond donors (Lipinski definition) is 1. The lowest BCUT2D eigenvalue weighted by Crippen LogP contribution is -1.96. The number of aryl methyl sites for hydroxylation is 2. The number of hydrogen-bond acceptors (Lipinski definition) is 2. The van der Waals surface area contributed by atoms with Gasteiger partial charge in [-0.15, -0.1) is 0 Å². The van der Waals surface area contributed by atoms with Crippen LogP contribution in [0.5, 0.6) is 0 Å².